The van der Waals surface area contributed by atoms with E-state index in [2.05, 4.69) is 30.5 Å². The van der Waals surface area contributed by atoms with E-state index >= 15 is 0 Å². The van der Waals surface area contributed by atoms with E-state index in [0.29, 0.717) is 12.8 Å². The van der Waals surface area contributed by atoms with Crippen molar-refractivity contribution in [1.29, 1.82) is 0 Å². The highest BCUT2D eigenvalue weighted by Gasteiger charge is 2.27. The van der Waals surface area contributed by atoms with Gasteiger partial charge in [0.25, 0.3) is 0 Å². The molecule has 0 fully saturated rings. The molecule has 3 N–H and O–H groups in total. The second-order valence-electron chi connectivity index (χ2n) is 12.6. The molecule has 0 heterocycles. The van der Waals surface area contributed by atoms with Crippen LogP contribution in [0.15, 0.2) is 12.2 Å². The van der Waals surface area contributed by atoms with E-state index in [4.69, 9.17) is 19.1 Å². The summed E-state index contributed by atoms with van der Waals surface area (Å²) >= 11 is 0. The van der Waals surface area contributed by atoms with Crippen LogP contribution in [0.2, 0.25) is 0 Å². The van der Waals surface area contributed by atoms with Gasteiger partial charge >= 0.3 is 19.8 Å². The summed E-state index contributed by atoms with van der Waals surface area (Å²) in [6, 6.07) is 0. The molecule has 3 atom stereocenters. The zero-order chi connectivity index (χ0) is 34.9. The number of phosphoric acid groups is 1. The van der Waals surface area contributed by atoms with Crippen LogP contribution in [0.1, 0.15) is 168 Å². The first-order chi connectivity index (χ1) is 22.7. The maximum absolute atomic E-state index is 12.5. The summed E-state index contributed by atoms with van der Waals surface area (Å²) < 4.78 is 32.5. The fraction of sp³-hybridized carbons (Fsp3) is 0.889. The van der Waals surface area contributed by atoms with E-state index in [0.717, 1.165) is 44.9 Å². The van der Waals surface area contributed by atoms with E-state index in [1.54, 1.807) is 0 Å². The Balaban J connectivity index is 4.38. The highest BCUT2D eigenvalue weighted by Crippen LogP contribution is 2.43. The van der Waals surface area contributed by atoms with Gasteiger partial charge in [0, 0.05) is 12.8 Å². The molecule has 278 valence electrons. The maximum Gasteiger partial charge on any atom is 0.472 e. The standard InChI is InChI=1S/C36H69O10P/c1-3-5-7-9-11-13-15-16-18-20-22-24-26-28-36(40)46-34(32-45-47(41,42)44-30-33(38)29-37)31-43-35(39)27-25-23-21-19-17-14-12-10-8-6-4-2/h9,11,33-34,37-38H,3-8,10,12-32H2,1-2H3,(H,41,42)/b11-9-/t33-,34+/m0/s1. The number of aliphatic hydroxyl groups excluding tert-OH is 2. The van der Waals surface area contributed by atoms with Gasteiger partial charge in [0.1, 0.15) is 12.7 Å². The molecular formula is C36H69O10P. The number of carbonyl (C=O) groups is 2. The molecule has 0 radical (unpaired) electrons. The number of carbonyl (C=O) groups excluding carboxylic acids is 2. The summed E-state index contributed by atoms with van der Waals surface area (Å²) in [7, 11) is -4.60. The highest BCUT2D eigenvalue weighted by molar-refractivity contribution is 7.47. The molecule has 0 aliphatic rings. The molecule has 0 aromatic rings. The van der Waals surface area contributed by atoms with Crippen LogP contribution in [0.3, 0.4) is 0 Å². The Morgan fingerprint density at radius 3 is 1.60 bits per heavy atom. The summed E-state index contributed by atoms with van der Waals surface area (Å²) in [5.41, 5.74) is 0. The predicted molar refractivity (Wildman–Crippen MR) is 187 cm³/mol. The normalized spacial score (nSPS) is 14.2. The number of phosphoric ester groups is 1. The molecule has 0 amide bonds. The van der Waals surface area contributed by atoms with Crippen molar-refractivity contribution in [3.05, 3.63) is 12.2 Å². The summed E-state index contributed by atoms with van der Waals surface area (Å²) in [6.45, 7) is 2.32. The minimum atomic E-state index is -4.60. The number of aliphatic hydroxyl groups is 2. The number of unbranched alkanes of at least 4 members (excludes halogenated alkanes) is 19. The molecule has 0 rings (SSSR count). The molecule has 0 aliphatic carbocycles. The topological polar surface area (TPSA) is 149 Å². The molecule has 47 heavy (non-hydrogen) atoms. The molecule has 0 bridgehead atoms. The summed E-state index contributed by atoms with van der Waals surface area (Å²) in [6.07, 6.45) is 27.5. The van der Waals surface area contributed by atoms with Gasteiger partial charge in [0.05, 0.1) is 19.8 Å². The minimum Gasteiger partial charge on any atom is -0.462 e. The fourth-order valence-electron chi connectivity index (χ4n) is 4.97. The van der Waals surface area contributed by atoms with Crippen molar-refractivity contribution >= 4 is 19.8 Å². The van der Waals surface area contributed by atoms with E-state index in [1.807, 2.05) is 0 Å². The fourth-order valence-corrected chi connectivity index (χ4v) is 5.76. The third-order valence-corrected chi connectivity index (χ3v) is 8.87. The van der Waals surface area contributed by atoms with E-state index in [-0.39, 0.29) is 19.4 Å². The molecule has 0 aliphatic heterocycles. The first-order valence-corrected chi connectivity index (χ1v) is 20.1. The van der Waals surface area contributed by atoms with Crippen LogP contribution < -0.4 is 0 Å². The number of hydrogen-bond acceptors (Lipinski definition) is 9. The molecule has 11 heteroatoms. The van der Waals surface area contributed by atoms with Crippen molar-refractivity contribution in [3.63, 3.8) is 0 Å². The van der Waals surface area contributed by atoms with Crippen LogP contribution in [-0.4, -0.2) is 65.7 Å². The van der Waals surface area contributed by atoms with E-state index in [9.17, 15) is 24.2 Å². The lowest BCUT2D eigenvalue weighted by Gasteiger charge is -2.20. The van der Waals surface area contributed by atoms with Gasteiger partial charge in [-0.1, -0.05) is 135 Å². The van der Waals surface area contributed by atoms with Gasteiger partial charge in [-0.25, -0.2) is 4.57 Å². The SMILES string of the molecule is CCCC/C=C\CCCCCCCCCC(=O)O[C@H](COC(=O)CCCCCCCCCCCCC)COP(=O)(O)OC[C@@H](O)CO. The zero-order valence-electron chi connectivity index (χ0n) is 29.8. The number of esters is 2. The minimum absolute atomic E-state index is 0.182. The van der Waals surface area contributed by atoms with Crippen LogP contribution in [-0.2, 0) is 32.7 Å². The molecule has 0 saturated carbocycles. The van der Waals surface area contributed by atoms with Crippen LogP contribution in [0.5, 0.6) is 0 Å². The molecule has 0 aromatic carbocycles. The van der Waals surface area contributed by atoms with Gasteiger partial charge < -0.3 is 24.6 Å². The van der Waals surface area contributed by atoms with Crippen molar-refractivity contribution in [2.24, 2.45) is 0 Å². The first-order valence-electron chi connectivity index (χ1n) is 18.6. The average Bonchev–Trinajstić information content (AvgIpc) is 3.05. The zero-order valence-corrected chi connectivity index (χ0v) is 30.6. The number of allylic oxidation sites excluding steroid dienone is 2. The summed E-state index contributed by atoms with van der Waals surface area (Å²) in [5.74, 6) is -0.928. The monoisotopic (exact) mass is 692 g/mol. The summed E-state index contributed by atoms with van der Waals surface area (Å²) in [4.78, 5) is 34.7. The Hall–Kier alpha value is -1.29. The Morgan fingerprint density at radius 1 is 0.617 bits per heavy atom. The Morgan fingerprint density at radius 2 is 1.06 bits per heavy atom. The van der Waals surface area contributed by atoms with Crippen molar-refractivity contribution in [3.8, 4) is 0 Å². The van der Waals surface area contributed by atoms with Crippen LogP contribution in [0.4, 0.5) is 0 Å². The number of rotatable bonds is 35. The highest BCUT2D eigenvalue weighted by atomic mass is 31.2. The second-order valence-corrected chi connectivity index (χ2v) is 14.1. The molecule has 0 aromatic heterocycles. The summed E-state index contributed by atoms with van der Waals surface area (Å²) in [5, 5.41) is 18.2. The van der Waals surface area contributed by atoms with Crippen molar-refractivity contribution in [2.75, 3.05) is 26.4 Å². The van der Waals surface area contributed by atoms with Gasteiger partial charge in [-0.2, -0.15) is 0 Å². The Labute approximate surface area is 286 Å². The van der Waals surface area contributed by atoms with Crippen molar-refractivity contribution < 1.29 is 47.8 Å². The quantitative estimate of drug-likeness (QED) is 0.0254. The lowest BCUT2D eigenvalue weighted by molar-refractivity contribution is -0.161. The van der Waals surface area contributed by atoms with E-state index in [1.165, 1.54) is 83.5 Å². The van der Waals surface area contributed by atoms with Gasteiger partial charge in [0.15, 0.2) is 6.10 Å². The van der Waals surface area contributed by atoms with Crippen molar-refractivity contribution in [1.82, 2.24) is 0 Å². The van der Waals surface area contributed by atoms with Gasteiger partial charge in [-0.05, 0) is 32.1 Å². The lowest BCUT2D eigenvalue weighted by Crippen LogP contribution is -2.29. The van der Waals surface area contributed by atoms with Crippen LogP contribution in [0, 0.1) is 0 Å². The Bertz CT molecular complexity index is 807. The first kappa shape index (κ1) is 45.7. The van der Waals surface area contributed by atoms with Gasteiger partial charge in [-0.3, -0.25) is 18.6 Å². The largest absolute Gasteiger partial charge is 0.472 e. The van der Waals surface area contributed by atoms with Crippen LogP contribution in [0.25, 0.3) is 0 Å². The third kappa shape index (κ3) is 33.0. The molecule has 10 nitrogen and oxygen atoms in total. The lowest BCUT2D eigenvalue weighted by atomic mass is 10.1. The number of ether oxygens (including phenoxy) is 2. The van der Waals surface area contributed by atoms with Gasteiger partial charge in [-0.15, -0.1) is 0 Å². The van der Waals surface area contributed by atoms with Crippen molar-refractivity contribution in [2.45, 2.75) is 180 Å². The second kappa shape index (κ2) is 33.2. The molecule has 0 saturated heterocycles. The predicted octanol–water partition coefficient (Wildman–Crippen LogP) is 8.89. The van der Waals surface area contributed by atoms with Crippen LogP contribution >= 0.6 is 7.82 Å². The maximum atomic E-state index is 12.5. The average molecular weight is 693 g/mol. The third-order valence-electron chi connectivity index (χ3n) is 7.92. The van der Waals surface area contributed by atoms with E-state index < -0.39 is 51.8 Å². The number of hydrogen-bond donors (Lipinski definition) is 3. The molecule has 1 unspecified atom stereocenters. The Kier molecular flexibility index (Phi) is 32.3. The molecule has 0 spiro atoms. The molecular weight excluding hydrogens is 623 g/mol. The smallest absolute Gasteiger partial charge is 0.462 e. The van der Waals surface area contributed by atoms with Gasteiger partial charge in [0.2, 0.25) is 0 Å².